The van der Waals surface area contributed by atoms with Crippen LogP contribution in [0.25, 0.3) is 5.82 Å². The van der Waals surface area contributed by atoms with Gasteiger partial charge in [0.15, 0.2) is 0 Å². The van der Waals surface area contributed by atoms with Crippen LogP contribution >= 0.6 is 0 Å². The number of hydrogen-bond donors (Lipinski definition) is 1. The number of aromatic nitrogens is 3. The predicted octanol–water partition coefficient (Wildman–Crippen LogP) is 2.88. The first-order valence-corrected chi connectivity index (χ1v) is 7.31. The molecule has 0 unspecified atom stereocenters. The van der Waals surface area contributed by atoms with Crippen LogP contribution in [0.4, 0.5) is 0 Å². The standard InChI is InChI=1S/C16H24N4/c1-5-15-18-6-7-20(15)16-9-14(8-13(4)19-16)11-17-10-12(2)3/h6-9,12,17H,5,10-11H2,1-4H3. The smallest absolute Gasteiger partial charge is 0.138 e. The maximum atomic E-state index is 4.62. The van der Waals surface area contributed by atoms with Crippen molar-refractivity contribution in [1.29, 1.82) is 0 Å². The number of hydrogen-bond acceptors (Lipinski definition) is 3. The van der Waals surface area contributed by atoms with Gasteiger partial charge in [-0.15, -0.1) is 0 Å². The first-order chi connectivity index (χ1) is 9.60. The predicted molar refractivity (Wildman–Crippen MR) is 82.0 cm³/mol. The largest absolute Gasteiger partial charge is 0.312 e. The zero-order chi connectivity index (χ0) is 14.5. The maximum Gasteiger partial charge on any atom is 0.138 e. The van der Waals surface area contributed by atoms with Crippen molar-refractivity contribution in [2.75, 3.05) is 6.54 Å². The minimum atomic E-state index is 0.665. The molecular formula is C16H24N4. The zero-order valence-electron chi connectivity index (χ0n) is 12.8. The van der Waals surface area contributed by atoms with Gasteiger partial charge in [0.05, 0.1) is 0 Å². The highest BCUT2D eigenvalue weighted by Gasteiger charge is 2.06. The minimum Gasteiger partial charge on any atom is -0.312 e. The molecule has 4 nitrogen and oxygen atoms in total. The Bertz CT molecular complexity index is 557. The van der Waals surface area contributed by atoms with Crippen LogP contribution in [-0.2, 0) is 13.0 Å². The number of aryl methyl sites for hydroxylation is 2. The summed E-state index contributed by atoms with van der Waals surface area (Å²) in [6.45, 7) is 10.5. The molecule has 0 bridgehead atoms. The molecule has 0 aliphatic heterocycles. The lowest BCUT2D eigenvalue weighted by atomic mass is 10.2. The van der Waals surface area contributed by atoms with Gasteiger partial charge in [0.2, 0.25) is 0 Å². The molecule has 0 amide bonds. The molecule has 0 atom stereocenters. The lowest BCUT2D eigenvalue weighted by Crippen LogP contribution is -2.19. The number of imidazole rings is 1. The van der Waals surface area contributed by atoms with E-state index in [1.807, 2.05) is 19.3 Å². The monoisotopic (exact) mass is 272 g/mol. The van der Waals surface area contributed by atoms with Crippen LogP contribution in [0.15, 0.2) is 24.5 Å². The second kappa shape index (κ2) is 6.66. The molecule has 2 rings (SSSR count). The van der Waals surface area contributed by atoms with Crippen molar-refractivity contribution in [3.8, 4) is 5.82 Å². The molecule has 0 radical (unpaired) electrons. The molecule has 4 heteroatoms. The fourth-order valence-corrected chi connectivity index (χ4v) is 2.26. The van der Waals surface area contributed by atoms with Crippen molar-refractivity contribution in [1.82, 2.24) is 19.9 Å². The Morgan fingerprint density at radius 1 is 1.30 bits per heavy atom. The van der Waals surface area contributed by atoms with E-state index in [4.69, 9.17) is 0 Å². The van der Waals surface area contributed by atoms with Crippen molar-refractivity contribution in [2.45, 2.75) is 40.7 Å². The SMILES string of the molecule is CCc1nccn1-c1cc(CNCC(C)C)cc(C)n1. The van der Waals surface area contributed by atoms with Crippen molar-refractivity contribution < 1.29 is 0 Å². The highest BCUT2D eigenvalue weighted by atomic mass is 15.1. The van der Waals surface area contributed by atoms with Crippen molar-refractivity contribution >= 4 is 0 Å². The van der Waals surface area contributed by atoms with E-state index in [0.717, 1.165) is 36.8 Å². The lowest BCUT2D eigenvalue weighted by Gasteiger charge is -2.11. The van der Waals surface area contributed by atoms with Gasteiger partial charge in [-0.1, -0.05) is 20.8 Å². The van der Waals surface area contributed by atoms with E-state index in [9.17, 15) is 0 Å². The van der Waals surface area contributed by atoms with Crippen LogP contribution in [0.3, 0.4) is 0 Å². The van der Waals surface area contributed by atoms with Crippen molar-refractivity contribution in [2.24, 2.45) is 5.92 Å². The van der Waals surface area contributed by atoms with E-state index in [1.54, 1.807) is 0 Å². The van der Waals surface area contributed by atoms with Crippen LogP contribution in [0.1, 0.15) is 37.9 Å². The number of nitrogens with zero attached hydrogens (tertiary/aromatic N) is 3. The molecule has 0 aliphatic rings. The summed E-state index contributed by atoms with van der Waals surface area (Å²) < 4.78 is 2.07. The van der Waals surface area contributed by atoms with Crippen LogP contribution in [0, 0.1) is 12.8 Å². The Hall–Kier alpha value is -1.68. The Morgan fingerprint density at radius 3 is 2.80 bits per heavy atom. The fraction of sp³-hybridized carbons (Fsp3) is 0.500. The summed E-state index contributed by atoms with van der Waals surface area (Å²) in [7, 11) is 0. The van der Waals surface area contributed by atoms with Gasteiger partial charge < -0.3 is 5.32 Å². The Labute approximate surface area is 121 Å². The lowest BCUT2D eigenvalue weighted by molar-refractivity contribution is 0.552. The van der Waals surface area contributed by atoms with E-state index in [0.29, 0.717) is 5.92 Å². The second-order valence-corrected chi connectivity index (χ2v) is 5.57. The van der Waals surface area contributed by atoms with Gasteiger partial charge in [-0.25, -0.2) is 9.97 Å². The highest BCUT2D eigenvalue weighted by Crippen LogP contribution is 2.13. The molecule has 0 saturated heterocycles. The molecule has 2 aromatic heterocycles. The van der Waals surface area contributed by atoms with Crippen LogP contribution in [0.5, 0.6) is 0 Å². The summed E-state index contributed by atoms with van der Waals surface area (Å²) in [4.78, 5) is 8.99. The highest BCUT2D eigenvalue weighted by molar-refractivity contribution is 5.32. The van der Waals surface area contributed by atoms with E-state index < -0.39 is 0 Å². The van der Waals surface area contributed by atoms with Gasteiger partial charge >= 0.3 is 0 Å². The van der Waals surface area contributed by atoms with Crippen molar-refractivity contribution in [3.63, 3.8) is 0 Å². The normalized spacial score (nSPS) is 11.2. The quantitative estimate of drug-likeness (QED) is 0.879. The van der Waals surface area contributed by atoms with Gasteiger partial charge in [0.25, 0.3) is 0 Å². The molecule has 108 valence electrons. The summed E-state index contributed by atoms with van der Waals surface area (Å²) >= 11 is 0. The summed E-state index contributed by atoms with van der Waals surface area (Å²) in [6.07, 6.45) is 4.72. The molecular weight excluding hydrogens is 248 g/mol. The molecule has 0 aromatic carbocycles. The summed E-state index contributed by atoms with van der Waals surface area (Å²) in [5, 5.41) is 3.48. The topological polar surface area (TPSA) is 42.7 Å². The molecule has 0 fully saturated rings. The molecule has 0 aliphatic carbocycles. The third-order valence-electron chi connectivity index (χ3n) is 3.16. The Balaban J connectivity index is 2.20. The van der Waals surface area contributed by atoms with Gasteiger partial charge in [0.1, 0.15) is 11.6 Å². The number of rotatable bonds is 6. The molecule has 1 N–H and O–H groups in total. The van der Waals surface area contributed by atoms with E-state index in [-0.39, 0.29) is 0 Å². The van der Waals surface area contributed by atoms with Crippen LogP contribution < -0.4 is 5.32 Å². The Kier molecular flexibility index (Phi) is 4.90. The minimum absolute atomic E-state index is 0.665. The molecule has 0 saturated carbocycles. The second-order valence-electron chi connectivity index (χ2n) is 5.57. The summed E-state index contributed by atoms with van der Waals surface area (Å²) in [6, 6.07) is 4.28. The van der Waals surface area contributed by atoms with Crippen LogP contribution in [-0.4, -0.2) is 21.1 Å². The van der Waals surface area contributed by atoms with Gasteiger partial charge in [-0.2, -0.15) is 0 Å². The molecule has 0 spiro atoms. The third kappa shape index (κ3) is 3.67. The molecule has 2 aromatic rings. The number of pyridine rings is 1. The van der Waals surface area contributed by atoms with Gasteiger partial charge in [0, 0.05) is 31.1 Å². The van der Waals surface area contributed by atoms with Gasteiger partial charge in [-0.05, 0) is 37.1 Å². The van der Waals surface area contributed by atoms with E-state index in [2.05, 4.69) is 52.8 Å². The number of nitrogens with one attached hydrogen (secondary N) is 1. The van der Waals surface area contributed by atoms with Crippen LogP contribution in [0.2, 0.25) is 0 Å². The Morgan fingerprint density at radius 2 is 2.10 bits per heavy atom. The fourth-order valence-electron chi connectivity index (χ4n) is 2.26. The summed E-state index contributed by atoms with van der Waals surface area (Å²) in [5.41, 5.74) is 2.31. The van der Waals surface area contributed by atoms with Crippen molar-refractivity contribution in [3.05, 3.63) is 41.6 Å². The molecule has 20 heavy (non-hydrogen) atoms. The van der Waals surface area contributed by atoms with Gasteiger partial charge in [-0.3, -0.25) is 4.57 Å². The first kappa shape index (κ1) is 14.7. The molecule has 2 heterocycles. The third-order valence-corrected chi connectivity index (χ3v) is 3.16. The maximum absolute atomic E-state index is 4.62. The first-order valence-electron chi connectivity index (χ1n) is 7.31. The van der Waals surface area contributed by atoms with E-state index in [1.165, 1.54) is 5.56 Å². The van der Waals surface area contributed by atoms with E-state index >= 15 is 0 Å². The summed E-state index contributed by atoms with van der Waals surface area (Å²) in [5.74, 6) is 2.67. The zero-order valence-corrected chi connectivity index (χ0v) is 12.8. The average Bonchev–Trinajstić information content (AvgIpc) is 2.85. The average molecular weight is 272 g/mol.